The Morgan fingerprint density at radius 1 is 1.45 bits per heavy atom. The van der Waals surface area contributed by atoms with Gasteiger partial charge in [-0.2, -0.15) is 0 Å². The summed E-state index contributed by atoms with van der Waals surface area (Å²) in [7, 11) is -3.82. The molecular formula is C10H10ClN3O4S2. The maximum atomic E-state index is 12.0. The van der Waals surface area contributed by atoms with Crippen LogP contribution >= 0.6 is 23.4 Å². The number of hydrogen-bond acceptors (Lipinski definition) is 6. The van der Waals surface area contributed by atoms with E-state index in [1.165, 1.54) is 12.3 Å². The molecule has 0 unspecified atom stereocenters. The summed E-state index contributed by atoms with van der Waals surface area (Å²) < 4.78 is 26.2. The molecule has 2 rings (SSSR count). The van der Waals surface area contributed by atoms with E-state index in [9.17, 15) is 18.0 Å². The Kier molecular flexibility index (Phi) is 4.63. The number of sulfonamides is 1. The van der Waals surface area contributed by atoms with Crippen LogP contribution in [0.1, 0.15) is 0 Å². The van der Waals surface area contributed by atoms with Crippen LogP contribution in [0.5, 0.6) is 0 Å². The number of rotatable bonds is 5. The number of carbonyl (C=O) groups excluding carboxylic acids is 2. The molecule has 1 fully saturated rings. The van der Waals surface area contributed by atoms with Crippen LogP contribution in [0.4, 0.5) is 4.79 Å². The standard InChI is InChI=1S/C10H10ClN3O4S2/c11-7-1-2-12-5-8(7)20(17,18)13-3-4-14-9(15)6-19-10(14)16/h1-2,5,13H,3-4,6H2. The second kappa shape index (κ2) is 6.08. The van der Waals surface area contributed by atoms with E-state index >= 15 is 0 Å². The fourth-order valence-electron chi connectivity index (χ4n) is 1.53. The summed E-state index contributed by atoms with van der Waals surface area (Å²) in [6, 6.07) is 1.36. The summed E-state index contributed by atoms with van der Waals surface area (Å²) >= 11 is 6.68. The Balaban J connectivity index is 1.99. The fraction of sp³-hybridized carbons (Fsp3) is 0.300. The van der Waals surface area contributed by atoms with Crippen molar-refractivity contribution in [3.63, 3.8) is 0 Å². The minimum atomic E-state index is -3.82. The topological polar surface area (TPSA) is 96.4 Å². The number of thioether (sulfide) groups is 1. The molecule has 2 heterocycles. The average Bonchev–Trinajstić information content (AvgIpc) is 2.70. The number of nitrogens with zero attached hydrogens (tertiary/aromatic N) is 2. The van der Waals surface area contributed by atoms with Crippen LogP contribution in [0.25, 0.3) is 0 Å². The summed E-state index contributed by atoms with van der Waals surface area (Å²) in [6.07, 6.45) is 2.51. The maximum absolute atomic E-state index is 12.0. The number of nitrogens with one attached hydrogen (secondary N) is 1. The Morgan fingerprint density at radius 2 is 2.20 bits per heavy atom. The lowest BCUT2D eigenvalue weighted by Crippen LogP contribution is -2.37. The van der Waals surface area contributed by atoms with Gasteiger partial charge in [0.25, 0.3) is 5.24 Å². The van der Waals surface area contributed by atoms with E-state index in [2.05, 4.69) is 9.71 Å². The van der Waals surface area contributed by atoms with Crippen molar-refractivity contribution in [1.29, 1.82) is 0 Å². The van der Waals surface area contributed by atoms with Crippen LogP contribution in [0, 0.1) is 0 Å². The quantitative estimate of drug-likeness (QED) is 0.851. The highest BCUT2D eigenvalue weighted by atomic mass is 35.5. The number of carbonyl (C=O) groups is 2. The highest BCUT2D eigenvalue weighted by Crippen LogP contribution is 2.20. The lowest BCUT2D eigenvalue weighted by Gasteiger charge is -2.13. The zero-order valence-corrected chi connectivity index (χ0v) is 12.5. The lowest BCUT2D eigenvalue weighted by atomic mass is 10.5. The molecule has 1 N–H and O–H groups in total. The third kappa shape index (κ3) is 3.29. The molecular weight excluding hydrogens is 326 g/mol. The predicted octanol–water partition coefficient (Wildman–Crippen LogP) is 0.709. The van der Waals surface area contributed by atoms with Crippen LogP contribution in [-0.2, 0) is 14.8 Å². The van der Waals surface area contributed by atoms with E-state index in [1.54, 1.807) is 0 Å². The van der Waals surface area contributed by atoms with Gasteiger partial charge in [0, 0.05) is 25.5 Å². The molecule has 0 spiro atoms. The van der Waals surface area contributed by atoms with E-state index < -0.39 is 10.0 Å². The number of pyridine rings is 1. The zero-order chi connectivity index (χ0) is 14.8. The largest absolute Gasteiger partial charge is 0.288 e. The van der Waals surface area contributed by atoms with Gasteiger partial charge in [0.2, 0.25) is 15.9 Å². The maximum Gasteiger partial charge on any atom is 0.288 e. The molecule has 10 heteroatoms. The molecule has 20 heavy (non-hydrogen) atoms. The average molecular weight is 336 g/mol. The first kappa shape index (κ1) is 15.2. The van der Waals surface area contributed by atoms with Crippen LogP contribution in [0.2, 0.25) is 5.02 Å². The molecule has 0 radical (unpaired) electrons. The summed E-state index contributed by atoms with van der Waals surface area (Å²) in [5.74, 6) is -0.223. The highest BCUT2D eigenvalue weighted by Gasteiger charge is 2.29. The van der Waals surface area contributed by atoms with Gasteiger partial charge in [-0.3, -0.25) is 19.5 Å². The van der Waals surface area contributed by atoms with E-state index in [0.29, 0.717) is 0 Å². The van der Waals surface area contributed by atoms with Crippen molar-refractivity contribution < 1.29 is 18.0 Å². The molecule has 0 atom stereocenters. The molecule has 1 saturated heterocycles. The molecule has 0 aliphatic carbocycles. The van der Waals surface area contributed by atoms with Crippen molar-refractivity contribution in [1.82, 2.24) is 14.6 Å². The predicted molar refractivity (Wildman–Crippen MR) is 74.0 cm³/mol. The molecule has 0 saturated carbocycles. The molecule has 0 aromatic carbocycles. The number of aromatic nitrogens is 1. The Bertz CT molecular complexity index is 634. The summed E-state index contributed by atoms with van der Waals surface area (Å²) in [4.78, 5) is 27.2. The van der Waals surface area contributed by atoms with Gasteiger partial charge in [0.15, 0.2) is 0 Å². The monoisotopic (exact) mass is 335 g/mol. The first-order valence-corrected chi connectivity index (χ1v) is 8.33. The summed E-state index contributed by atoms with van der Waals surface area (Å²) in [6.45, 7) is -0.0899. The molecule has 1 aromatic heterocycles. The first-order chi connectivity index (χ1) is 9.42. The molecule has 1 aromatic rings. The zero-order valence-electron chi connectivity index (χ0n) is 10.1. The van der Waals surface area contributed by atoms with Gasteiger partial charge in [-0.25, -0.2) is 13.1 Å². The van der Waals surface area contributed by atoms with Crippen molar-refractivity contribution in [2.75, 3.05) is 18.8 Å². The molecule has 7 nitrogen and oxygen atoms in total. The minimum absolute atomic E-state index is 0.0121. The summed E-state index contributed by atoms with van der Waals surface area (Å²) in [5.41, 5.74) is 0. The fourth-order valence-corrected chi connectivity index (χ4v) is 3.73. The smallest absolute Gasteiger partial charge is 0.273 e. The normalized spacial score (nSPS) is 15.9. The van der Waals surface area contributed by atoms with Crippen molar-refractivity contribution in [2.24, 2.45) is 0 Å². The van der Waals surface area contributed by atoms with Gasteiger partial charge >= 0.3 is 0 Å². The summed E-state index contributed by atoms with van der Waals surface area (Å²) in [5, 5.41) is -0.315. The van der Waals surface area contributed by atoms with E-state index in [1.807, 2.05) is 0 Å². The second-order valence-electron chi connectivity index (χ2n) is 3.80. The molecule has 1 aliphatic rings. The van der Waals surface area contributed by atoms with Gasteiger partial charge in [-0.05, 0) is 6.07 Å². The number of amides is 2. The van der Waals surface area contributed by atoms with Crippen LogP contribution in [-0.4, -0.2) is 48.3 Å². The number of hydrogen-bond donors (Lipinski definition) is 1. The van der Waals surface area contributed by atoms with Gasteiger partial charge in [-0.1, -0.05) is 23.4 Å². The van der Waals surface area contributed by atoms with Crippen LogP contribution in [0.15, 0.2) is 23.4 Å². The third-order valence-corrected chi connectivity index (χ3v) is 5.28. The number of imide groups is 1. The molecule has 1 aliphatic heterocycles. The van der Waals surface area contributed by atoms with E-state index in [0.717, 1.165) is 22.9 Å². The van der Waals surface area contributed by atoms with Crippen molar-refractivity contribution in [2.45, 2.75) is 4.90 Å². The van der Waals surface area contributed by atoms with Gasteiger partial charge in [0.1, 0.15) is 4.90 Å². The Labute approximate surface area is 124 Å². The van der Waals surface area contributed by atoms with Gasteiger partial charge in [-0.15, -0.1) is 0 Å². The second-order valence-corrected chi connectivity index (χ2v) is 6.87. The number of halogens is 1. The molecule has 2 amide bonds. The third-order valence-electron chi connectivity index (χ3n) is 2.49. The van der Waals surface area contributed by atoms with E-state index in [4.69, 9.17) is 11.6 Å². The highest BCUT2D eigenvalue weighted by molar-refractivity contribution is 8.14. The Hall–Kier alpha value is -1.16. The van der Waals surface area contributed by atoms with Gasteiger partial charge in [0.05, 0.1) is 10.8 Å². The molecule has 0 bridgehead atoms. The van der Waals surface area contributed by atoms with Crippen LogP contribution < -0.4 is 4.72 Å². The van der Waals surface area contributed by atoms with Crippen LogP contribution in [0.3, 0.4) is 0 Å². The Morgan fingerprint density at radius 3 is 2.80 bits per heavy atom. The van der Waals surface area contributed by atoms with Crippen molar-refractivity contribution >= 4 is 44.5 Å². The van der Waals surface area contributed by atoms with Gasteiger partial charge < -0.3 is 0 Å². The van der Waals surface area contributed by atoms with Crippen molar-refractivity contribution in [3.8, 4) is 0 Å². The molecule has 108 valence electrons. The van der Waals surface area contributed by atoms with E-state index in [-0.39, 0.29) is 39.9 Å². The first-order valence-electron chi connectivity index (χ1n) is 5.48. The lowest BCUT2D eigenvalue weighted by molar-refractivity contribution is -0.124. The SMILES string of the molecule is O=C1CSC(=O)N1CCNS(=O)(=O)c1cnccc1Cl. The minimum Gasteiger partial charge on any atom is -0.273 e. The van der Waals surface area contributed by atoms with Crippen molar-refractivity contribution in [3.05, 3.63) is 23.5 Å².